The second-order valence-corrected chi connectivity index (χ2v) is 10.3. The average Bonchev–Trinajstić information content (AvgIpc) is 3.57. The number of likely N-dealkylation sites (tertiary alicyclic amines) is 1. The van der Waals surface area contributed by atoms with Crippen LogP contribution in [0.4, 0.5) is 4.39 Å². The summed E-state index contributed by atoms with van der Waals surface area (Å²) >= 11 is 0. The molecule has 0 bridgehead atoms. The Balaban J connectivity index is 1.42. The van der Waals surface area contributed by atoms with E-state index in [1.165, 1.54) is 17.0 Å². The van der Waals surface area contributed by atoms with Crippen molar-refractivity contribution in [3.05, 3.63) is 46.6 Å². The summed E-state index contributed by atoms with van der Waals surface area (Å²) in [6.07, 6.45) is 4.11. The SMILES string of the molecule is CC1(C)CCC(c2nc(-c3ncn4c3c(=O)n(CCN3CCCC(O)C3)c3c(F)cccc34)no2)O1. The van der Waals surface area contributed by atoms with Crippen molar-refractivity contribution < 1.29 is 18.8 Å². The third-order valence-electron chi connectivity index (χ3n) is 7.23. The number of para-hydroxylation sites is 1. The molecule has 10 nitrogen and oxygen atoms in total. The van der Waals surface area contributed by atoms with Crippen LogP contribution in [-0.2, 0) is 11.3 Å². The second-order valence-electron chi connectivity index (χ2n) is 10.3. The first-order valence-corrected chi connectivity index (χ1v) is 12.4. The highest BCUT2D eigenvalue weighted by molar-refractivity contribution is 5.84. The zero-order chi connectivity index (χ0) is 25.0. The van der Waals surface area contributed by atoms with Gasteiger partial charge < -0.3 is 18.9 Å². The van der Waals surface area contributed by atoms with E-state index in [-0.39, 0.29) is 52.5 Å². The molecule has 5 heterocycles. The number of ether oxygens (including phenoxy) is 1. The lowest BCUT2D eigenvalue weighted by atomic mass is 10.1. The minimum Gasteiger partial charge on any atom is -0.392 e. The van der Waals surface area contributed by atoms with Gasteiger partial charge in [0, 0.05) is 19.6 Å². The van der Waals surface area contributed by atoms with E-state index in [1.807, 2.05) is 13.8 Å². The van der Waals surface area contributed by atoms with Crippen molar-refractivity contribution in [2.24, 2.45) is 0 Å². The molecular weight excluding hydrogens is 467 g/mol. The lowest BCUT2D eigenvalue weighted by molar-refractivity contribution is -0.0292. The molecule has 3 aromatic heterocycles. The summed E-state index contributed by atoms with van der Waals surface area (Å²) in [5.74, 6) is 0.0650. The molecule has 2 unspecified atom stereocenters. The van der Waals surface area contributed by atoms with E-state index in [1.54, 1.807) is 16.5 Å². The predicted octanol–water partition coefficient (Wildman–Crippen LogP) is 2.93. The van der Waals surface area contributed by atoms with E-state index < -0.39 is 5.82 Å². The van der Waals surface area contributed by atoms with E-state index in [9.17, 15) is 9.90 Å². The quantitative estimate of drug-likeness (QED) is 0.449. The maximum atomic E-state index is 15.1. The van der Waals surface area contributed by atoms with Crippen molar-refractivity contribution in [1.29, 1.82) is 0 Å². The fourth-order valence-electron chi connectivity index (χ4n) is 5.40. The number of benzene rings is 1. The third-order valence-corrected chi connectivity index (χ3v) is 7.23. The summed E-state index contributed by atoms with van der Waals surface area (Å²) in [4.78, 5) is 24.8. The van der Waals surface area contributed by atoms with Gasteiger partial charge >= 0.3 is 0 Å². The number of imidazole rings is 1. The summed E-state index contributed by atoms with van der Waals surface area (Å²) < 4.78 is 29.6. The highest BCUT2D eigenvalue weighted by Gasteiger charge is 2.36. The molecule has 11 heteroatoms. The van der Waals surface area contributed by atoms with Crippen LogP contribution in [-0.4, -0.2) is 65.4 Å². The average molecular weight is 497 g/mol. The number of fused-ring (bicyclic) bond motifs is 3. The first-order valence-electron chi connectivity index (χ1n) is 12.4. The Bertz CT molecular complexity index is 1490. The number of aliphatic hydroxyl groups is 1. The molecule has 6 rings (SSSR count). The van der Waals surface area contributed by atoms with Crippen LogP contribution >= 0.6 is 0 Å². The maximum Gasteiger partial charge on any atom is 0.277 e. The van der Waals surface area contributed by atoms with Crippen molar-refractivity contribution in [3.63, 3.8) is 0 Å². The Kier molecular flexibility index (Phi) is 5.66. The number of β-amino-alcohol motifs (C(OH)–C–C–N with tert-alkyl or cyclic N) is 1. The number of hydrogen-bond acceptors (Lipinski definition) is 8. The Morgan fingerprint density at radius 1 is 1.22 bits per heavy atom. The third kappa shape index (κ3) is 4.00. The topological polar surface area (TPSA) is 111 Å². The first kappa shape index (κ1) is 23.3. The van der Waals surface area contributed by atoms with Crippen molar-refractivity contribution in [3.8, 4) is 11.5 Å². The Labute approximate surface area is 206 Å². The molecule has 0 spiro atoms. The summed E-state index contributed by atoms with van der Waals surface area (Å²) in [7, 11) is 0. The molecular formula is C25H29FN6O4. The Morgan fingerprint density at radius 2 is 2.08 bits per heavy atom. The number of aromatic nitrogens is 5. The van der Waals surface area contributed by atoms with E-state index in [4.69, 9.17) is 9.26 Å². The van der Waals surface area contributed by atoms with Gasteiger partial charge in [0.1, 0.15) is 35.0 Å². The molecule has 2 fully saturated rings. The van der Waals surface area contributed by atoms with Gasteiger partial charge in [-0.15, -0.1) is 0 Å². The van der Waals surface area contributed by atoms with Gasteiger partial charge in [-0.05, 0) is 58.2 Å². The Morgan fingerprint density at radius 3 is 2.86 bits per heavy atom. The fourth-order valence-corrected chi connectivity index (χ4v) is 5.40. The molecule has 1 N–H and O–H groups in total. The molecule has 1 aromatic carbocycles. The number of aliphatic hydroxyl groups excluding tert-OH is 1. The van der Waals surface area contributed by atoms with Gasteiger partial charge in [-0.25, -0.2) is 9.37 Å². The van der Waals surface area contributed by atoms with Crippen molar-refractivity contribution in [1.82, 2.24) is 29.0 Å². The summed E-state index contributed by atoms with van der Waals surface area (Å²) in [6, 6.07) is 4.72. The predicted molar refractivity (Wildman–Crippen MR) is 129 cm³/mol. The van der Waals surface area contributed by atoms with Crippen LogP contribution in [0.15, 0.2) is 33.8 Å². The van der Waals surface area contributed by atoms with Crippen LogP contribution in [0.3, 0.4) is 0 Å². The van der Waals surface area contributed by atoms with E-state index in [2.05, 4.69) is 20.0 Å². The molecule has 36 heavy (non-hydrogen) atoms. The lowest BCUT2D eigenvalue weighted by Crippen LogP contribution is -2.41. The largest absolute Gasteiger partial charge is 0.392 e. The minimum absolute atomic E-state index is 0.194. The van der Waals surface area contributed by atoms with Crippen LogP contribution in [0.5, 0.6) is 0 Å². The van der Waals surface area contributed by atoms with Gasteiger partial charge in [0.05, 0.1) is 17.2 Å². The van der Waals surface area contributed by atoms with Gasteiger partial charge in [-0.3, -0.25) is 14.1 Å². The van der Waals surface area contributed by atoms with E-state index in [0.29, 0.717) is 24.5 Å². The summed E-state index contributed by atoms with van der Waals surface area (Å²) in [6.45, 7) is 6.20. The van der Waals surface area contributed by atoms with Crippen LogP contribution in [0.1, 0.15) is 51.5 Å². The normalized spacial score (nSPS) is 22.7. The number of hydrogen-bond donors (Lipinski definition) is 1. The number of piperidine rings is 1. The number of rotatable bonds is 5. The van der Waals surface area contributed by atoms with E-state index >= 15 is 4.39 Å². The zero-order valence-corrected chi connectivity index (χ0v) is 20.4. The molecule has 0 radical (unpaired) electrons. The van der Waals surface area contributed by atoms with Gasteiger partial charge in [-0.1, -0.05) is 11.2 Å². The highest BCUT2D eigenvalue weighted by Crippen LogP contribution is 2.38. The monoisotopic (exact) mass is 496 g/mol. The number of nitrogens with zero attached hydrogens (tertiary/aromatic N) is 6. The molecule has 2 aliphatic heterocycles. The molecule has 2 aliphatic rings. The molecule has 0 amide bonds. The molecule has 4 aromatic rings. The molecule has 0 aliphatic carbocycles. The van der Waals surface area contributed by atoms with Crippen molar-refractivity contribution in [2.75, 3.05) is 19.6 Å². The molecule has 0 saturated carbocycles. The van der Waals surface area contributed by atoms with Crippen LogP contribution in [0.2, 0.25) is 0 Å². The minimum atomic E-state index is -0.483. The van der Waals surface area contributed by atoms with E-state index in [0.717, 1.165) is 32.2 Å². The highest BCUT2D eigenvalue weighted by atomic mass is 19.1. The van der Waals surface area contributed by atoms with Gasteiger partial charge in [0.2, 0.25) is 5.82 Å². The zero-order valence-electron chi connectivity index (χ0n) is 20.4. The smallest absolute Gasteiger partial charge is 0.277 e. The van der Waals surface area contributed by atoms with Crippen LogP contribution in [0.25, 0.3) is 28.1 Å². The Hall–Kier alpha value is -3.15. The summed E-state index contributed by atoms with van der Waals surface area (Å²) in [5, 5.41) is 14.1. The first-order chi connectivity index (χ1) is 17.3. The standard InChI is InChI=1S/C25H29FN6O4/c1-25(2)9-8-18(35-25)23-28-22(29-36-23)19-21-24(34)31(12-11-30-10-4-5-15(33)13-30)20-16(26)6-3-7-17(20)32(21)14-27-19/h3,6-7,14-15,18,33H,4-5,8-13H2,1-2H3. The molecule has 2 atom stereocenters. The lowest BCUT2D eigenvalue weighted by Gasteiger charge is -2.30. The van der Waals surface area contributed by atoms with Gasteiger partial charge in [0.25, 0.3) is 11.4 Å². The fraction of sp³-hybridized carbons (Fsp3) is 0.520. The second kappa shape index (κ2) is 8.75. The summed E-state index contributed by atoms with van der Waals surface area (Å²) in [5.41, 5.74) is 0.620. The van der Waals surface area contributed by atoms with Crippen molar-refractivity contribution in [2.45, 2.75) is 63.9 Å². The van der Waals surface area contributed by atoms with Crippen molar-refractivity contribution >= 4 is 16.6 Å². The van der Waals surface area contributed by atoms with Gasteiger partial charge in [0.15, 0.2) is 0 Å². The number of halogens is 1. The van der Waals surface area contributed by atoms with Crippen LogP contribution in [0, 0.1) is 5.82 Å². The molecule has 2 saturated heterocycles. The van der Waals surface area contributed by atoms with Gasteiger partial charge in [-0.2, -0.15) is 4.98 Å². The maximum absolute atomic E-state index is 15.1. The van der Waals surface area contributed by atoms with Crippen LogP contribution < -0.4 is 5.56 Å². The molecule has 190 valence electrons.